The van der Waals surface area contributed by atoms with Gasteiger partial charge in [-0.05, 0) is 104 Å². The number of hydrogen-bond acceptors (Lipinski definition) is 17. The number of nitrogens with one attached hydrogen (secondary N) is 2. The summed E-state index contributed by atoms with van der Waals surface area (Å²) in [6, 6.07) is 20.3. The number of nitrogens with zero attached hydrogens (tertiary/aromatic N) is 3. The van der Waals surface area contributed by atoms with E-state index < -0.39 is 113 Å². The molecule has 0 unspecified atom stereocenters. The molecule has 2 fully saturated rings. The number of carboxylic acids is 1. The summed E-state index contributed by atoms with van der Waals surface area (Å²) in [6.45, 7) is -0.729. The molecule has 11 rings (SSSR count). The number of phenolic OH excluding ortho intramolecular Hbond substituents is 4. The van der Waals surface area contributed by atoms with Crippen molar-refractivity contribution in [2.24, 2.45) is 33.9 Å². The number of allylic oxidation sites excluding steroid dienone is 2. The highest BCUT2D eigenvalue weighted by atomic mass is 16.8. The minimum absolute atomic E-state index is 0.0108. The maximum Gasteiger partial charge on any atom is 0.355 e. The van der Waals surface area contributed by atoms with E-state index in [1.165, 1.54) is 30.6 Å². The van der Waals surface area contributed by atoms with Crippen LogP contribution in [0.3, 0.4) is 0 Å². The number of rotatable bonds is 17. The first kappa shape index (κ1) is 58.0. The minimum Gasteiger partial charge on any atom is -0.508 e. The monoisotopic (exact) mass is 1150 g/mol. The molecule has 4 aliphatic carbocycles. The summed E-state index contributed by atoms with van der Waals surface area (Å²) >= 11 is 0. The molecule has 84 heavy (non-hydrogen) atoms. The Hall–Kier alpha value is -7.80. The van der Waals surface area contributed by atoms with Gasteiger partial charge in [-0.2, -0.15) is 0 Å². The molecule has 22 heteroatoms. The van der Waals surface area contributed by atoms with E-state index in [0.29, 0.717) is 79.6 Å². The Labute approximate surface area is 482 Å². The number of anilines is 1. The van der Waals surface area contributed by atoms with Crippen LogP contribution in [-0.2, 0) is 39.1 Å². The fraction of sp³-hybridized carbons (Fsp3) is 0.419. The zero-order chi connectivity index (χ0) is 59.5. The number of guanidine groups is 1. The fourth-order valence-corrected chi connectivity index (χ4v) is 15.0. The van der Waals surface area contributed by atoms with Crippen molar-refractivity contribution < 1.29 is 80.3 Å². The maximum absolute atomic E-state index is 15.8. The van der Waals surface area contributed by atoms with E-state index >= 15 is 9.59 Å². The second-order valence-electron chi connectivity index (χ2n) is 23.0. The number of aliphatic hydroxyl groups excluding tert-OH is 6. The molecule has 5 aromatic rings. The van der Waals surface area contributed by atoms with Crippen molar-refractivity contribution in [3.8, 4) is 28.7 Å². The standard InChI is InChI=1S/C62H70N6O16/c63-58(66-28-34-7-2-1-3-8-34)65-22-6-13-43(71)36-20-21-59(61-38(10-5-11-39(61)30-69)17-16-35-9-4-12-45(73)50(35)61)40(24-36)27-60(57(80)81)55(59)49-42(26-46(51(75)53(49)77)83-62(82)56(79)54(78)52(76)47(31-70)84-62)68(60)48(74)19-15-33-14-18-44(72)37(23-33)25-41-29-64-32-67-41/h1-4,7-9,12,14-15,18-21,23,26-27,29,32,36,38-39,43,47,52,54-56,69-73,75-79,82H,5-6,10-11,13,16-17,22,24-25,28,30-31H2,(H,64,67)(H,80,81)(H3,63,65,66)/b19-15+/t36-,38-,39-,43-,47+,52+,54-,55-,56+,59-,60+,61-,62-/m0/s1. The number of carboxylic acid groups (broad SMARTS) is 1. The zero-order valence-electron chi connectivity index (χ0n) is 45.8. The van der Waals surface area contributed by atoms with Gasteiger partial charge in [0.15, 0.2) is 29.1 Å². The molecule has 4 aromatic carbocycles. The number of nitrogens with two attached hydrogens (primary N) is 1. The minimum atomic E-state index is -3.37. The van der Waals surface area contributed by atoms with Crippen LogP contribution in [0.15, 0.2) is 120 Å². The van der Waals surface area contributed by atoms with Crippen LogP contribution in [0.1, 0.15) is 89.9 Å². The van der Waals surface area contributed by atoms with Gasteiger partial charge < -0.3 is 86.8 Å². The van der Waals surface area contributed by atoms with Crippen molar-refractivity contribution in [3.63, 3.8) is 0 Å². The maximum atomic E-state index is 15.8. The molecular formula is C62H70N6O16. The van der Waals surface area contributed by atoms with Gasteiger partial charge in [-0.3, -0.25) is 9.69 Å². The summed E-state index contributed by atoms with van der Waals surface area (Å²) in [5.74, 6) is -12.4. The number of aromatic amines is 1. The fourth-order valence-electron chi connectivity index (χ4n) is 15.0. The van der Waals surface area contributed by atoms with Crippen molar-refractivity contribution in [2.45, 2.75) is 118 Å². The third-order valence-corrected chi connectivity index (χ3v) is 18.6. The zero-order valence-corrected chi connectivity index (χ0v) is 45.8. The van der Waals surface area contributed by atoms with Crippen molar-refractivity contribution in [1.82, 2.24) is 15.3 Å². The summed E-state index contributed by atoms with van der Waals surface area (Å²) in [4.78, 5) is 43.4. The van der Waals surface area contributed by atoms with E-state index in [2.05, 4.69) is 20.3 Å². The number of aromatic hydroxyl groups is 4. The number of hydrogen-bond donors (Lipinski definition) is 15. The Bertz CT molecular complexity index is 3430. The number of carbonyl (C=O) groups excluding carboxylic acids is 1. The Morgan fingerprint density at radius 1 is 0.964 bits per heavy atom. The number of aliphatic carboxylic acids is 1. The Balaban J connectivity index is 1.09. The molecule has 444 valence electrons. The van der Waals surface area contributed by atoms with Crippen molar-refractivity contribution in [3.05, 3.63) is 154 Å². The van der Waals surface area contributed by atoms with Gasteiger partial charge >= 0.3 is 11.9 Å². The lowest BCUT2D eigenvalue weighted by atomic mass is 9.38. The number of H-pyrrole nitrogens is 1. The number of aliphatic imine (C=N–C) groups is 1. The van der Waals surface area contributed by atoms with Gasteiger partial charge in [0.2, 0.25) is 5.75 Å². The SMILES string of the molecule is NC(=NCc1ccccc1)NCCC[C@H](O)[C@H]1C=C[C@]2([C@@]34c5c(O)cccc5CC[C@@H]3CCC[C@H]4CO)C(=C[C@]3(C(=O)O)[C@H]2c2c(cc(O[C@]4(O)O[C@H](CO)[C@@H](O)[C@H](O)[C@H]4O)c(O)c2O)N3C(=O)/C=C/c2ccc(O)c(Cc3cnc[nH]3)c2)C1. The van der Waals surface area contributed by atoms with Crippen LogP contribution in [-0.4, -0.2) is 151 Å². The highest BCUT2D eigenvalue weighted by molar-refractivity contribution is 6.14. The van der Waals surface area contributed by atoms with E-state index in [-0.39, 0.29) is 53.9 Å². The van der Waals surface area contributed by atoms with Crippen LogP contribution in [0.25, 0.3) is 6.08 Å². The Kier molecular flexibility index (Phi) is 15.6. The number of phenols is 4. The molecule has 2 aliphatic heterocycles. The van der Waals surface area contributed by atoms with Gasteiger partial charge in [0.1, 0.15) is 29.8 Å². The summed E-state index contributed by atoms with van der Waals surface area (Å²) in [5, 5.41) is 142. The Morgan fingerprint density at radius 3 is 2.50 bits per heavy atom. The van der Waals surface area contributed by atoms with Gasteiger partial charge in [-0.1, -0.05) is 72.7 Å². The number of benzene rings is 4. The predicted molar refractivity (Wildman–Crippen MR) is 303 cm³/mol. The Morgan fingerprint density at radius 2 is 1.76 bits per heavy atom. The van der Waals surface area contributed by atoms with Crippen molar-refractivity contribution in [2.75, 3.05) is 24.7 Å². The van der Waals surface area contributed by atoms with E-state index in [0.717, 1.165) is 28.2 Å². The number of imidazole rings is 1. The number of aliphatic hydroxyl groups is 7. The van der Waals surface area contributed by atoms with Crippen LogP contribution in [0.2, 0.25) is 0 Å². The van der Waals surface area contributed by atoms with Gasteiger partial charge in [-0.25, -0.2) is 14.8 Å². The molecule has 6 aliphatic rings. The lowest BCUT2D eigenvalue weighted by Gasteiger charge is -2.64. The number of fused-ring (bicyclic) bond motifs is 9. The number of amides is 1. The topological polar surface area (TPSA) is 378 Å². The number of carbonyl (C=O) groups is 2. The first-order chi connectivity index (χ1) is 40.3. The summed E-state index contributed by atoms with van der Waals surface area (Å²) in [7, 11) is 0. The summed E-state index contributed by atoms with van der Waals surface area (Å²) in [5.41, 5.74) is 3.94. The van der Waals surface area contributed by atoms with Crippen LogP contribution in [0, 0.1) is 23.2 Å². The molecule has 1 amide bonds. The normalized spacial score (nSPS) is 30.9. The molecule has 1 saturated heterocycles. The molecule has 22 nitrogen and oxygen atoms in total. The van der Waals surface area contributed by atoms with Crippen molar-refractivity contribution >= 4 is 29.6 Å². The lowest BCUT2D eigenvalue weighted by Crippen LogP contribution is -2.67. The van der Waals surface area contributed by atoms with E-state index in [9.17, 15) is 61.3 Å². The molecular weight excluding hydrogens is 1080 g/mol. The predicted octanol–water partition coefficient (Wildman–Crippen LogP) is 3.33. The second-order valence-corrected chi connectivity index (χ2v) is 23.0. The number of aryl methyl sites for hydroxylation is 1. The van der Waals surface area contributed by atoms with Crippen LogP contribution in [0.5, 0.6) is 28.7 Å². The summed E-state index contributed by atoms with van der Waals surface area (Å²) in [6.07, 6.45) is 4.77. The first-order valence-corrected chi connectivity index (χ1v) is 28.3. The van der Waals surface area contributed by atoms with E-state index in [1.807, 2.05) is 48.6 Å². The summed E-state index contributed by atoms with van der Waals surface area (Å²) < 4.78 is 11.1. The molecule has 1 aromatic heterocycles. The van der Waals surface area contributed by atoms with Crippen LogP contribution in [0.4, 0.5) is 5.69 Å². The number of ether oxygens (including phenoxy) is 2. The average Bonchev–Trinajstić information content (AvgIpc) is 1.42. The van der Waals surface area contributed by atoms with Crippen molar-refractivity contribution in [1.29, 1.82) is 0 Å². The second kappa shape index (κ2) is 22.7. The molecule has 0 bridgehead atoms. The quantitative estimate of drug-likeness (QED) is 0.0121. The highest BCUT2D eigenvalue weighted by Crippen LogP contribution is 2.78. The lowest BCUT2D eigenvalue weighted by molar-refractivity contribution is -0.422. The van der Waals surface area contributed by atoms with Crippen LogP contribution >= 0.6 is 0 Å². The third kappa shape index (κ3) is 9.35. The molecule has 0 spiro atoms. The molecule has 16 N–H and O–H groups in total. The molecule has 13 atom stereocenters. The molecule has 0 radical (unpaired) electrons. The van der Waals surface area contributed by atoms with Gasteiger partial charge in [-0.15, -0.1) is 0 Å². The van der Waals surface area contributed by atoms with Gasteiger partial charge in [0, 0.05) is 83.0 Å². The van der Waals surface area contributed by atoms with E-state index in [1.54, 1.807) is 24.4 Å². The largest absolute Gasteiger partial charge is 0.508 e. The smallest absolute Gasteiger partial charge is 0.355 e. The van der Waals surface area contributed by atoms with Crippen LogP contribution < -0.4 is 20.7 Å². The third-order valence-electron chi connectivity index (χ3n) is 18.6. The number of aromatic nitrogens is 2. The molecule has 1 saturated carbocycles. The first-order valence-electron chi connectivity index (χ1n) is 28.3. The highest BCUT2D eigenvalue weighted by Gasteiger charge is 2.78. The average molecular weight is 1160 g/mol. The molecule has 3 heterocycles. The van der Waals surface area contributed by atoms with Gasteiger partial charge in [0.25, 0.3) is 5.91 Å². The van der Waals surface area contributed by atoms with Gasteiger partial charge in [0.05, 0.1) is 31.3 Å². The van der Waals surface area contributed by atoms with E-state index in [4.69, 9.17) is 15.2 Å².